The topological polar surface area (TPSA) is 71.3 Å². The minimum Gasteiger partial charge on any atom is -0.330 e. The van der Waals surface area contributed by atoms with Crippen LogP contribution in [0.25, 0.3) is 11.4 Å². The molecule has 0 aromatic carbocycles. The van der Waals surface area contributed by atoms with E-state index in [4.69, 9.17) is 4.98 Å². The second-order valence-electron chi connectivity index (χ2n) is 6.26. The van der Waals surface area contributed by atoms with E-state index in [2.05, 4.69) is 4.98 Å². The lowest BCUT2D eigenvalue weighted by Gasteiger charge is -2.26. The van der Waals surface area contributed by atoms with Gasteiger partial charge in [-0.2, -0.15) is 17.0 Å². The SMILES string of the molecule is Cc1ncc(-c2cccc(C3CCCN3S(=O)(=O)N(C)C)n2)n1C. The average Bonchev–Trinajstić information content (AvgIpc) is 3.16. The minimum atomic E-state index is -3.45. The van der Waals surface area contributed by atoms with Crippen LogP contribution < -0.4 is 0 Å². The molecule has 24 heavy (non-hydrogen) atoms. The molecule has 1 atom stereocenters. The van der Waals surface area contributed by atoms with Crippen molar-refractivity contribution >= 4 is 10.2 Å². The minimum absolute atomic E-state index is 0.216. The van der Waals surface area contributed by atoms with E-state index in [1.807, 2.05) is 36.7 Å². The molecule has 3 heterocycles. The Morgan fingerprint density at radius 3 is 2.67 bits per heavy atom. The molecule has 3 rings (SSSR count). The summed E-state index contributed by atoms with van der Waals surface area (Å²) < 4.78 is 29.9. The molecular formula is C16H23N5O2S. The summed E-state index contributed by atoms with van der Waals surface area (Å²) in [6, 6.07) is 5.55. The quantitative estimate of drug-likeness (QED) is 0.843. The normalized spacial score (nSPS) is 19.3. The van der Waals surface area contributed by atoms with Crippen molar-refractivity contribution in [2.24, 2.45) is 7.05 Å². The molecule has 7 nitrogen and oxygen atoms in total. The van der Waals surface area contributed by atoms with Crippen molar-refractivity contribution in [3.05, 3.63) is 35.9 Å². The number of aromatic nitrogens is 3. The molecule has 0 saturated carbocycles. The van der Waals surface area contributed by atoms with E-state index in [0.29, 0.717) is 6.54 Å². The van der Waals surface area contributed by atoms with Crippen molar-refractivity contribution in [1.29, 1.82) is 0 Å². The summed E-state index contributed by atoms with van der Waals surface area (Å²) in [5, 5.41) is 0. The van der Waals surface area contributed by atoms with E-state index in [1.165, 1.54) is 4.31 Å². The van der Waals surface area contributed by atoms with Crippen LogP contribution in [-0.2, 0) is 17.3 Å². The van der Waals surface area contributed by atoms with Gasteiger partial charge >= 0.3 is 0 Å². The summed E-state index contributed by atoms with van der Waals surface area (Å²) in [5.74, 6) is 0.912. The third kappa shape index (κ3) is 2.85. The maximum absolute atomic E-state index is 12.5. The van der Waals surface area contributed by atoms with Gasteiger partial charge in [0.05, 0.1) is 29.3 Å². The first kappa shape index (κ1) is 17.1. The Balaban J connectivity index is 1.98. The number of hydrogen-bond acceptors (Lipinski definition) is 4. The fourth-order valence-corrected chi connectivity index (χ4v) is 4.36. The Morgan fingerprint density at radius 2 is 2.04 bits per heavy atom. The number of aryl methyl sites for hydroxylation is 1. The first-order chi connectivity index (χ1) is 11.3. The summed E-state index contributed by atoms with van der Waals surface area (Å²) in [6.45, 7) is 2.47. The predicted molar refractivity (Wildman–Crippen MR) is 92.5 cm³/mol. The van der Waals surface area contributed by atoms with Gasteiger partial charge in [0.25, 0.3) is 10.2 Å². The Hall–Kier alpha value is -1.77. The molecule has 0 amide bonds. The van der Waals surface area contributed by atoms with E-state index < -0.39 is 10.2 Å². The van der Waals surface area contributed by atoms with Crippen LogP contribution >= 0.6 is 0 Å². The summed E-state index contributed by atoms with van der Waals surface area (Å²) >= 11 is 0. The van der Waals surface area contributed by atoms with Gasteiger partial charge in [-0.25, -0.2) is 9.97 Å². The maximum Gasteiger partial charge on any atom is 0.282 e. The van der Waals surface area contributed by atoms with Gasteiger partial charge in [-0.05, 0) is 31.9 Å². The summed E-state index contributed by atoms with van der Waals surface area (Å²) in [7, 11) is 1.63. The lowest BCUT2D eigenvalue weighted by molar-refractivity contribution is 0.358. The van der Waals surface area contributed by atoms with Crippen LogP contribution in [0.3, 0.4) is 0 Å². The molecule has 8 heteroatoms. The van der Waals surface area contributed by atoms with Crippen molar-refractivity contribution in [2.45, 2.75) is 25.8 Å². The molecule has 1 unspecified atom stereocenters. The van der Waals surface area contributed by atoms with E-state index >= 15 is 0 Å². The number of pyridine rings is 1. The lowest BCUT2D eigenvalue weighted by Crippen LogP contribution is -2.39. The van der Waals surface area contributed by atoms with Gasteiger partial charge in [0.1, 0.15) is 5.82 Å². The zero-order valence-electron chi connectivity index (χ0n) is 14.5. The molecule has 1 aliphatic rings. The Morgan fingerprint density at radius 1 is 1.29 bits per heavy atom. The van der Waals surface area contributed by atoms with E-state index in [1.54, 1.807) is 24.6 Å². The standard InChI is InChI=1S/C16H23N5O2S/c1-12-17-11-16(20(12)4)14-8-5-7-13(18-14)15-9-6-10-21(15)24(22,23)19(2)3/h5,7-8,11,15H,6,9-10H2,1-4H3. The summed E-state index contributed by atoms with van der Waals surface area (Å²) in [5.41, 5.74) is 2.52. The third-order valence-corrected chi connectivity index (χ3v) is 6.51. The van der Waals surface area contributed by atoms with Gasteiger partial charge in [0.2, 0.25) is 0 Å². The van der Waals surface area contributed by atoms with Crippen LogP contribution in [0.1, 0.15) is 30.4 Å². The van der Waals surface area contributed by atoms with E-state index in [9.17, 15) is 8.42 Å². The second kappa shape index (κ2) is 6.27. The molecule has 2 aromatic heterocycles. The number of rotatable bonds is 4. The van der Waals surface area contributed by atoms with Crippen LogP contribution in [0, 0.1) is 6.92 Å². The van der Waals surface area contributed by atoms with Gasteiger partial charge in [-0.3, -0.25) is 0 Å². The van der Waals surface area contributed by atoms with Crippen molar-refractivity contribution < 1.29 is 8.42 Å². The van der Waals surface area contributed by atoms with Crippen molar-refractivity contribution in [2.75, 3.05) is 20.6 Å². The zero-order chi connectivity index (χ0) is 17.5. The number of hydrogen-bond donors (Lipinski definition) is 0. The lowest BCUT2D eigenvalue weighted by atomic mass is 10.1. The Labute approximate surface area is 143 Å². The molecular weight excluding hydrogens is 326 g/mol. The van der Waals surface area contributed by atoms with Gasteiger partial charge in [-0.15, -0.1) is 0 Å². The van der Waals surface area contributed by atoms with Crippen LogP contribution in [0.5, 0.6) is 0 Å². The van der Waals surface area contributed by atoms with Gasteiger partial charge < -0.3 is 4.57 Å². The highest BCUT2D eigenvalue weighted by Crippen LogP contribution is 2.34. The second-order valence-corrected chi connectivity index (χ2v) is 8.35. The van der Waals surface area contributed by atoms with Crippen LogP contribution in [0.15, 0.2) is 24.4 Å². The molecule has 0 radical (unpaired) electrons. The van der Waals surface area contributed by atoms with Crippen molar-refractivity contribution in [1.82, 2.24) is 23.1 Å². The number of nitrogens with zero attached hydrogens (tertiary/aromatic N) is 5. The molecule has 0 spiro atoms. The summed E-state index contributed by atoms with van der Waals surface area (Å²) in [6.07, 6.45) is 3.42. The fraction of sp³-hybridized carbons (Fsp3) is 0.500. The molecule has 130 valence electrons. The van der Waals surface area contributed by atoms with Gasteiger partial charge in [0.15, 0.2) is 0 Å². The molecule has 2 aromatic rings. The zero-order valence-corrected chi connectivity index (χ0v) is 15.3. The van der Waals surface area contributed by atoms with Crippen LogP contribution in [-0.4, -0.2) is 52.2 Å². The molecule has 1 aliphatic heterocycles. The highest BCUT2D eigenvalue weighted by Gasteiger charge is 2.37. The monoisotopic (exact) mass is 349 g/mol. The smallest absolute Gasteiger partial charge is 0.282 e. The van der Waals surface area contributed by atoms with Crippen molar-refractivity contribution in [3.8, 4) is 11.4 Å². The van der Waals surface area contributed by atoms with Gasteiger partial charge in [-0.1, -0.05) is 6.07 Å². The Bertz CT molecular complexity index is 844. The molecule has 0 bridgehead atoms. The molecule has 0 N–H and O–H groups in total. The summed E-state index contributed by atoms with van der Waals surface area (Å²) in [4.78, 5) is 9.04. The van der Waals surface area contributed by atoms with Crippen molar-refractivity contribution in [3.63, 3.8) is 0 Å². The third-order valence-electron chi connectivity index (χ3n) is 4.56. The molecule has 1 saturated heterocycles. The predicted octanol–water partition coefficient (Wildman–Crippen LogP) is 1.73. The first-order valence-electron chi connectivity index (χ1n) is 7.97. The fourth-order valence-electron chi connectivity index (χ4n) is 3.04. The van der Waals surface area contributed by atoms with Crippen LogP contribution in [0.2, 0.25) is 0 Å². The molecule has 1 fully saturated rings. The largest absolute Gasteiger partial charge is 0.330 e. The van der Waals surface area contributed by atoms with E-state index in [-0.39, 0.29) is 6.04 Å². The highest BCUT2D eigenvalue weighted by atomic mass is 32.2. The number of imidazole rings is 1. The highest BCUT2D eigenvalue weighted by molar-refractivity contribution is 7.86. The first-order valence-corrected chi connectivity index (χ1v) is 9.37. The van der Waals surface area contributed by atoms with E-state index in [0.717, 1.165) is 35.7 Å². The van der Waals surface area contributed by atoms with Gasteiger partial charge in [0, 0.05) is 27.7 Å². The molecule has 0 aliphatic carbocycles. The maximum atomic E-state index is 12.5. The van der Waals surface area contributed by atoms with Crippen LogP contribution in [0.4, 0.5) is 0 Å². The average molecular weight is 349 g/mol. The Kier molecular flexibility index (Phi) is 4.46.